The van der Waals surface area contributed by atoms with E-state index in [1.807, 2.05) is 13.8 Å². The van der Waals surface area contributed by atoms with Gasteiger partial charge in [0.15, 0.2) is 0 Å². The maximum Gasteiger partial charge on any atom is 0.258 e. The first-order valence-corrected chi connectivity index (χ1v) is 5.53. The number of amides is 1. The van der Waals surface area contributed by atoms with Crippen molar-refractivity contribution in [3.8, 4) is 0 Å². The van der Waals surface area contributed by atoms with Crippen LogP contribution < -0.4 is 0 Å². The van der Waals surface area contributed by atoms with Crippen molar-refractivity contribution in [2.24, 2.45) is 0 Å². The summed E-state index contributed by atoms with van der Waals surface area (Å²) < 4.78 is 18.9. The van der Waals surface area contributed by atoms with Crippen LogP contribution in [0.25, 0.3) is 0 Å². The Morgan fingerprint density at radius 3 is 3.00 bits per heavy atom. The van der Waals surface area contributed by atoms with Crippen LogP contribution in [0, 0.1) is 5.95 Å². The highest BCUT2D eigenvalue weighted by molar-refractivity contribution is 5.94. The third-order valence-corrected chi connectivity index (χ3v) is 2.70. The molecule has 2 heterocycles. The Bertz CT molecular complexity index is 434. The van der Waals surface area contributed by atoms with Gasteiger partial charge in [0.25, 0.3) is 5.91 Å². The molecule has 1 aliphatic rings. The lowest BCUT2D eigenvalue weighted by Crippen LogP contribution is -2.50. The van der Waals surface area contributed by atoms with Gasteiger partial charge in [0.05, 0.1) is 17.8 Å². The summed E-state index contributed by atoms with van der Waals surface area (Å²) in [5, 5.41) is 0. The third-order valence-electron chi connectivity index (χ3n) is 2.70. The zero-order valence-corrected chi connectivity index (χ0v) is 9.94. The minimum absolute atomic E-state index is 0.0187. The minimum Gasteiger partial charge on any atom is -0.372 e. The molecule has 5 heteroatoms. The molecule has 1 saturated heterocycles. The summed E-state index contributed by atoms with van der Waals surface area (Å²) >= 11 is 0. The van der Waals surface area contributed by atoms with Crippen LogP contribution in [0.3, 0.4) is 0 Å². The predicted molar refractivity (Wildman–Crippen MR) is 60.1 cm³/mol. The van der Waals surface area contributed by atoms with Crippen LogP contribution in [0.4, 0.5) is 4.39 Å². The number of halogens is 1. The summed E-state index contributed by atoms with van der Waals surface area (Å²) in [4.78, 5) is 17.2. The van der Waals surface area contributed by atoms with E-state index in [1.54, 1.807) is 11.0 Å². The lowest BCUT2D eigenvalue weighted by molar-refractivity contribution is -0.0765. The number of pyridine rings is 1. The van der Waals surface area contributed by atoms with Crippen molar-refractivity contribution in [1.29, 1.82) is 0 Å². The topological polar surface area (TPSA) is 42.4 Å². The molecule has 0 unspecified atom stereocenters. The van der Waals surface area contributed by atoms with Crippen molar-refractivity contribution >= 4 is 5.91 Å². The van der Waals surface area contributed by atoms with Crippen LogP contribution in [0.2, 0.25) is 0 Å². The molecule has 0 radical (unpaired) electrons. The van der Waals surface area contributed by atoms with E-state index in [-0.39, 0.29) is 17.1 Å². The number of aromatic nitrogens is 1. The van der Waals surface area contributed by atoms with Crippen LogP contribution in [0.15, 0.2) is 18.3 Å². The van der Waals surface area contributed by atoms with E-state index in [1.165, 1.54) is 12.3 Å². The second kappa shape index (κ2) is 4.41. The molecule has 0 saturated carbocycles. The number of hydrogen-bond donors (Lipinski definition) is 0. The van der Waals surface area contributed by atoms with Gasteiger partial charge >= 0.3 is 0 Å². The maximum atomic E-state index is 13.4. The van der Waals surface area contributed by atoms with Gasteiger partial charge in [0, 0.05) is 19.3 Å². The largest absolute Gasteiger partial charge is 0.372 e. The van der Waals surface area contributed by atoms with Gasteiger partial charge in [0.1, 0.15) is 0 Å². The average Bonchev–Trinajstić information content (AvgIpc) is 2.27. The lowest BCUT2D eigenvalue weighted by Gasteiger charge is -2.38. The van der Waals surface area contributed by atoms with Crippen molar-refractivity contribution in [1.82, 2.24) is 9.88 Å². The Morgan fingerprint density at radius 2 is 2.35 bits per heavy atom. The van der Waals surface area contributed by atoms with Crippen LogP contribution in [-0.4, -0.2) is 41.1 Å². The molecule has 0 N–H and O–H groups in total. The minimum atomic E-state index is -0.721. The van der Waals surface area contributed by atoms with Gasteiger partial charge in [-0.3, -0.25) is 4.79 Å². The Morgan fingerprint density at radius 1 is 1.59 bits per heavy atom. The lowest BCUT2D eigenvalue weighted by atomic mass is 10.1. The summed E-state index contributed by atoms with van der Waals surface area (Å²) in [6.45, 7) is 5.23. The molecule has 1 amide bonds. The standard InChI is InChI=1S/C12H15FN2O2/c1-12(2)8-15(6-7-17-12)11(16)9-4-3-5-14-10(9)13/h3-5H,6-8H2,1-2H3. The van der Waals surface area contributed by atoms with E-state index in [0.29, 0.717) is 19.7 Å². The highest BCUT2D eigenvalue weighted by Crippen LogP contribution is 2.18. The fourth-order valence-electron chi connectivity index (χ4n) is 1.91. The van der Waals surface area contributed by atoms with Crippen molar-refractivity contribution in [2.45, 2.75) is 19.4 Å². The van der Waals surface area contributed by atoms with Gasteiger partial charge < -0.3 is 9.64 Å². The SMILES string of the molecule is CC1(C)CN(C(=O)c2cccnc2F)CCO1. The normalized spacial score (nSPS) is 19.1. The predicted octanol–water partition coefficient (Wildman–Crippen LogP) is 1.47. The second-order valence-electron chi connectivity index (χ2n) is 4.68. The number of carbonyl (C=O) groups excluding carboxylic acids is 1. The Hall–Kier alpha value is -1.49. The first-order valence-electron chi connectivity index (χ1n) is 5.53. The molecule has 1 fully saturated rings. The molecule has 0 spiro atoms. The Kier molecular flexibility index (Phi) is 3.11. The van der Waals surface area contributed by atoms with Crippen molar-refractivity contribution in [3.05, 3.63) is 29.8 Å². The number of morpholine rings is 1. The zero-order chi connectivity index (χ0) is 12.5. The van der Waals surface area contributed by atoms with E-state index in [0.717, 1.165) is 0 Å². The Balaban J connectivity index is 2.18. The van der Waals surface area contributed by atoms with E-state index in [9.17, 15) is 9.18 Å². The fraction of sp³-hybridized carbons (Fsp3) is 0.500. The molecule has 0 bridgehead atoms. The van der Waals surface area contributed by atoms with Crippen molar-refractivity contribution in [2.75, 3.05) is 19.7 Å². The van der Waals surface area contributed by atoms with Gasteiger partial charge in [0.2, 0.25) is 5.95 Å². The Labute approximate surface area is 99.4 Å². The van der Waals surface area contributed by atoms with Gasteiger partial charge in [-0.15, -0.1) is 0 Å². The zero-order valence-electron chi connectivity index (χ0n) is 9.94. The first-order chi connectivity index (χ1) is 7.99. The molecule has 92 valence electrons. The average molecular weight is 238 g/mol. The van der Waals surface area contributed by atoms with Crippen LogP contribution >= 0.6 is 0 Å². The molecule has 0 aromatic carbocycles. The summed E-state index contributed by atoms with van der Waals surface area (Å²) in [7, 11) is 0. The number of ether oxygens (including phenoxy) is 1. The van der Waals surface area contributed by atoms with E-state index in [4.69, 9.17) is 4.74 Å². The van der Waals surface area contributed by atoms with Crippen LogP contribution in [0.1, 0.15) is 24.2 Å². The maximum absolute atomic E-state index is 13.4. The van der Waals surface area contributed by atoms with Crippen molar-refractivity contribution < 1.29 is 13.9 Å². The van der Waals surface area contributed by atoms with Crippen LogP contribution in [-0.2, 0) is 4.74 Å². The summed E-state index contributed by atoms with van der Waals surface area (Å²) in [6, 6.07) is 3.01. The number of nitrogens with zero attached hydrogens (tertiary/aromatic N) is 2. The molecule has 4 nitrogen and oxygen atoms in total. The molecule has 1 aromatic heterocycles. The van der Waals surface area contributed by atoms with Gasteiger partial charge in [-0.05, 0) is 26.0 Å². The number of carbonyl (C=O) groups is 1. The van der Waals surface area contributed by atoms with E-state index < -0.39 is 5.95 Å². The van der Waals surface area contributed by atoms with Crippen LogP contribution in [0.5, 0.6) is 0 Å². The highest BCUT2D eigenvalue weighted by Gasteiger charge is 2.31. The van der Waals surface area contributed by atoms with Gasteiger partial charge in [-0.2, -0.15) is 4.39 Å². The molecular weight excluding hydrogens is 223 g/mol. The molecule has 0 atom stereocenters. The first kappa shape index (κ1) is 12.0. The molecule has 17 heavy (non-hydrogen) atoms. The number of hydrogen-bond acceptors (Lipinski definition) is 3. The summed E-state index contributed by atoms with van der Waals surface area (Å²) in [5.74, 6) is -1.05. The van der Waals surface area contributed by atoms with E-state index >= 15 is 0 Å². The second-order valence-corrected chi connectivity index (χ2v) is 4.68. The van der Waals surface area contributed by atoms with E-state index in [2.05, 4.69) is 4.98 Å². The molecular formula is C12H15FN2O2. The smallest absolute Gasteiger partial charge is 0.258 e. The monoisotopic (exact) mass is 238 g/mol. The fourth-order valence-corrected chi connectivity index (χ4v) is 1.91. The molecule has 2 rings (SSSR count). The third kappa shape index (κ3) is 2.61. The molecule has 1 aliphatic heterocycles. The summed E-state index contributed by atoms with van der Waals surface area (Å²) in [5.41, 5.74) is -0.364. The number of rotatable bonds is 1. The quantitative estimate of drug-likeness (QED) is 0.696. The summed E-state index contributed by atoms with van der Waals surface area (Å²) in [6.07, 6.45) is 1.33. The highest BCUT2D eigenvalue weighted by atomic mass is 19.1. The molecule has 0 aliphatic carbocycles. The van der Waals surface area contributed by atoms with Gasteiger partial charge in [-0.1, -0.05) is 0 Å². The molecule has 1 aromatic rings. The van der Waals surface area contributed by atoms with Crippen molar-refractivity contribution in [3.63, 3.8) is 0 Å². The van der Waals surface area contributed by atoms with Gasteiger partial charge in [-0.25, -0.2) is 4.98 Å².